The van der Waals surface area contributed by atoms with Crippen molar-refractivity contribution in [3.8, 4) is 11.3 Å². The first-order valence-electron chi connectivity index (χ1n) is 11.5. The molecule has 0 spiro atoms. The van der Waals surface area contributed by atoms with Gasteiger partial charge in [0.2, 0.25) is 0 Å². The largest absolute Gasteiger partial charge is 0.465 e. The third kappa shape index (κ3) is 5.28. The van der Waals surface area contributed by atoms with Gasteiger partial charge in [-0.2, -0.15) is 0 Å². The zero-order valence-electron chi connectivity index (χ0n) is 19.1. The highest BCUT2D eigenvalue weighted by Crippen LogP contribution is 2.33. The van der Waals surface area contributed by atoms with E-state index in [2.05, 4.69) is 21.6 Å². The number of urea groups is 1. The lowest BCUT2D eigenvalue weighted by molar-refractivity contribution is 0.103. The Kier molecular flexibility index (Phi) is 6.36. The number of nitrogens with one attached hydrogen (secondary N) is 2. The number of nitrogens with zero attached hydrogens (tertiary/aromatic N) is 2. The van der Waals surface area contributed by atoms with Gasteiger partial charge in [0.1, 0.15) is 11.3 Å². The lowest BCUT2D eigenvalue weighted by Crippen LogP contribution is -2.47. The van der Waals surface area contributed by atoms with Crippen molar-refractivity contribution in [2.75, 3.05) is 36.8 Å². The summed E-state index contributed by atoms with van der Waals surface area (Å²) in [6.45, 7) is 3.18. The van der Waals surface area contributed by atoms with Crippen molar-refractivity contribution in [3.05, 3.63) is 84.4 Å². The molecule has 3 amide bonds. The van der Waals surface area contributed by atoms with Gasteiger partial charge in [0.25, 0.3) is 0 Å². The number of amides is 3. The topological polar surface area (TPSA) is 98.1 Å². The first-order valence-corrected chi connectivity index (χ1v) is 11.5. The fourth-order valence-corrected chi connectivity index (χ4v) is 4.28. The van der Waals surface area contributed by atoms with E-state index in [1.165, 1.54) is 4.90 Å². The fraction of sp³-hybridized carbons (Fsp3) is 0.185. The van der Waals surface area contributed by atoms with Crippen LogP contribution in [-0.2, 0) is 6.54 Å². The predicted molar refractivity (Wildman–Crippen MR) is 136 cm³/mol. The zero-order chi connectivity index (χ0) is 24.2. The van der Waals surface area contributed by atoms with Crippen LogP contribution in [0.1, 0.15) is 5.56 Å². The summed E-state index contributed by atoms with van der Waals surface area (Å²) in [5.74, 6) is 0.669. The molecule has 0 atom stereocenters. The average Bonchev–Trinajstić information content (AvgIpc) is 3.28. The number of fused-ring (bicyclic) bond motifs is 1. The molecule has 5 rings (SSSR count). The van der Waals surface area contributed by atoms with Gasteiger partial charge in [0, 0.05) is 49.4 Å². The molecule has 2 heterocycles. The summed E-state index contributed by atoms with van der Waals surface area (Å²) in [6, 6.07) is 24.6. The van der Waals surface area contributed by atoms with Crippen LogP contribution in [-0.4, -0.2) is 53.2 Å². The van der Waals surface area contributed by atoms with Crippen LogP contribution in [0.2, 0.25) is 0 Å². The van der Waals surface area contributed by atoms with Gasteiger partial charge in [-0.15, -0.1) is 0 Å². The van der Waals surface area contributed by atoms with E-state index in [-0.39, 0.29) is 6.03 Å². The van der Waals surface area contributed by atoms with Crippen LogP contribution >= 0.6 is 0 Å². The van der Waals surface area contributed by atoms with E-state index in [4.69, 9.17) is 9.52 Å². The summed E-state index contributed by atoms with van der Waals surface area (Å²) in [7, 11) is 0. The van der Waals surface area contributed by atoms with Gasteiger partial charge in [0.15, 0.2) is 0 Å². The van der Waals surface area contributed by atoms with Gasteiger partial charge in [-0.25, -0.2) is 9.59 Å². The van der Waals surface area contributed by atoms with E-state index in [0.717, 1.165) is 28.6 Å². The van der Waals surface area contributed by atoms with Gasteiger partial charge in [-0.1, -0.05) is 42.5 Å². The van der Waals surface area contributed by atoms with Crippen molar-refractivity contribution in [3.63, 3.8) is 0 Å². The number of para-hydroxylation sites is 2. The number of benzene rings is 3. The van der Waals surface area contributed by atoms with Gasteiger partial charge in [-0.05, 0) is 42.0 Å². The second-order valence-corrected chi connectivity index (χ2v) is 8.52. The minimum atomic E-state index is -0.860. The van der Waals surface area contributed by atoms with E-state index in [0.29, 0.717) is 43.3 Å². The normalized spacial score (nSPS) is 14.1. The lowest BCUT2D eigenvalue weighted by Gasteiger charge is -2.33. The van der Waals surface area contributed by atoms with Crippen LogP contribution in [0.4, 0.5) is 21.0 Å². The molecule has 1 aliphatic rings. The number of piperazine rings is 1. The zero-order valence-corrected chi connectivity index (χ0v) is 19.1. The molecule has 3 aromatic carbocycles. The number of carboxylic acid groups (broad SMARTS) is 1. The van der Waals surface area contributed by atoms with E-state index < -0.39 is 6.09 Å². The molecule has 1 saturated heterocycles. The molecule has 0 bridgehead atoms. The Morgan fingerprint density at radius 2 is 1.60 bits per heavy atom. The Morgan fingerprint density at radius 3 is 2.37 bits per heavy atom. The summed E-state index contributed by atoms with van der Waals surface area (Å²) in [5.41, 5.74) is 4.03. The van der Waals surface area contributed by atoms with Crippen molar-refractivity contribution in [1.29, 1.82) is 0 Å². The van der Waals surface area contributed by atoms with E-state index >= 15 is 0 Å². The summed E-state index contributed by atoms with van der Waals surface area (Å²) >= 11 is 0. The quantitative estimate of drug-likeness (QED) is 0.356. The number of rotatable bonds is 5. The molecule has 0 saturated carbocycles. The molecule has 1 aliphatic heterocycles. The molecule has 4 aromatic rings. The van der Waals surface area contributed by atoms with Gasteiger partial charge in [-0.3, -0.25) is 4.90 Å². The van der Waals surface area contributed by atoms with E-state index in [9.17, 15) is 9.59 Å². The molecule has 8 heteroatoms. The Bertz CT molecular complexity index is 1340. The maximum absolute atomic E-state index is 12.5. The second kappa shape index (κ2) is 9.90. The van der Waals surface area contributed by atoms with Crippen LogP contribution in [0, 0.1) is 0 Å². The molecule has 178 valence electrons. The number of hydrogen-bond acceptors (Lipinski definition) is 4. The van der Waals surface area contributed by atoms with Crippen molar-refractivity contribution in [2.45, 2.75) is 6.54 Å². The van der Waals surface area contributed by atoms with Crippen LogP contribution in [0.5, 0.6) is 0 Å². The van der Waals surface area contributed by atoms with Crippen molar-refractivity contribution in [2.24, 2.45) is 0 Å². The number of hydrogen-bond donors (Lipinski definition) is 3. The highest BCUT2D eigenvalue weighted by molar-refractivity contribution is 6.02. The SMILES string of the molecule is O=C(Nc1ccccc1)Nc1ccccc1-c1cc2ccc(CN3CCN(C(=O)O)CC3)cc2o1. The first-order chi connectivity index (χ1) is 17.0. The molecule has 35 heavy (non-hydrogen) atoms. The van der Waals surface area contributed by atoms with Gasteiger partial charge >= 0.3 is 12.1 Å². The molecular formula is C27H26N4O4. The molecule has 8 nitrogen and oxygen atoms in total. The molecule has 0 aliphatic carbocycles. The summed E-state index contributed by atoms with van der Waals surface area (Å²) < 4.78 is 6.20. The van der Waals surface area contributed by atoms with Gasteiger partial charge < -0.3 is 25.1 Å². The highest BCUT2D eigenvalue weighted by Gasteiger charge is 2.20. The number of carbonyl (C=O) groups is 2. The Morgan fingerprint density at radius 1 is 0.857 bits per heavy atom. The number of carbonyl (C=O) groups excluding carboxylic acids is 1. The number of furan rings is 1. The van der Waals surface area contributed by atoms with Crippen LogP contribution in [0.15, 0.2) is 83.3 Å². The minimum Gasteiger partial charge on any atom is -0.465 e. The average molecular weight is 471 g/mol. The summed E-state index contributed by atoms with van der Waals surface area (Å²) in [5, 5.41) is 15.9. The van der Waals surface area contributed by atoms with E-state index in [1.807, 2.05) is 72.8 Å². The molecule has 1 aromatic heterocycles. The summed E-state index contributed by atoms with van der Waals surface area (Å²) in [4.78, 5) is 27.3. The number of anilines is 2. The highest BCUT2D eigenvalue weighted by atomic mass is 16.4. The van der Waals surface area contributed by atoms with E-state index in [1.54, 1.807) is 0 Å². The predicted octanol–water partition coefficient (Wildman–Crippen LogP) is 5.54. The maximum atomic E-state index is 12.5. The molecule has 1 fully saturated rings. The first kappa shape index (κ1) is 22.5. The smallest absolute Gasteiger partial charge is 0.407 e. The maximum Gasteiger partial charge on any atom is 0.407 e. The monoisotopic (exact) mass is 470 g/mol. The van der Waals surface area contributed by atoms with Crippen LogP contribution in [0.3, 0.4) is 0 Å². The van der Waals surface area contributed by atoms with Gasteiger partial charge in [0.05, 0.1) is 5.69 Å². The third-order valence-corrected chi connectivity index (χ3v) is 6.11. The Balaban J connectivity index is 1.31. The molecule has 3 N–H and O–H groups in total. The van der Waals surface area contributed by atoms with Crippen LogP contribution in [0.25, 0.3) is 22.3 Å². The van der Waals surface area contributed by atoms with Crippen LogP contribution < -0.4 is 10.6 Å². The fourth-order valence-electron chi connectivity index (χ4n) is 4.28. The lowest BCUT2D eigenvalue weighted by atomic mass is 10.1. The standard InChI is InChI=1S/C27H26N4O4/c32-26(28-21-6-2-1-3-7-21)29-23-9-5-4-8-22(23)25-17-20-11-10-19(16-24(20)35-25)18-30-12-14-31(15-13-30)27(33)34/h1-11,16-17H,12-15,18H2,(H,33,34)(H2,28,29,32). The Hall–Kier alpha value is -4.30. The Labute approximate surface area is 202 Å². The minimum absolute atomic E-state index is 0.329. The molecule has 0 unspecified atom stereocenters. The molecular weight excluding hydrogens is 444 g/mol. The summed E-state index contributed by atoms with van der Waals surface area (Å²) in [6.07, 6.45) is -0.860. The third-order valence-electron chi connectivity index (χ3n) is 6.11. The van der Waals surface area contributed by atoms with Crippen molar-refractivity contribution in [1.82, 2.24) is 9.80 Å². The van der Waals surface area contributed by atoms with Crippen molar-refractivity contribution < 1.29 is 19.1 Å². The second-order valence-electron chi connectivity index (χ2n) is 8.52. The van der Waals surface area contributed by atoms with Crippen molar-refractivity contribution >= 4 is 34.5 Å². The molecule has 0 radical (unpaired) electrons.